The van der Waals surface area contributed by atoms with Gasteiger partial charge in [0.2, 0.25) is 0 Å². The van der Waals surface area contributed by atoms with E-state index in [0.717, 1.165) is 16.6 Å². The van der Waals surface area contributed by atoms with Gasteiger partial charge in [0, 0.05) is 17.3 Å². The fraction of sp³-hybridized carbons (Fsp3) is 0. The minimum atomic E-state index is 0.788. The predicted octanol–water partition coefficient (Wildman–Crippen LogP) is 3.48. The van der Waals surface area contributed by atoms with Gasteiger partial charge in [-0.05, 0) is 41.5 Å². The summed E-state index contributed by atoms with van der Waals surface area (Å²) in [6.07, 6.45) is 1.81. The Kier molecular flexibility index (Phi) is 2.26. The van der Waals surface area contributed by atoms with Crippen molar-refractivity contribution in [1.29, 1.82) is 0 Å². The number of aromatic nitrogens is 1. The molecule has 0 amide bonds. The zero-order valence-corrected chi connectivity index (χ0v) is 9.30. The van der Waals surface area contributed by atoms with Gasteiger partial charge < -0.3 is 5.73 Å². The summed E-state index contributed by atoms with van der Waals surface area (Å²) >= 11 is 0. The normalized spacial score (nSPS) is 10.6. The molecule has 0 saturated heterocycles. The molecule has 1 heterocycles. The number of nitrogen functional groups attached to an aromatic ring is 1. The smallest absolute Gasteiger partial charge is 0.0702 e. The van der Waals surface area contributed by atoms with Crippen LogP contribution in [-0.2, 0) is 0 Å². The Balaban J connectivity index is 2.14. The molecular formula is C15H12N2. The van der Waals surface area contributed by atoms with Crippen LogP contribution in [0.15, 0.2) is 60.8 Å². The number of fused-ring (bicyclic) bond motifs is 1. The van der Waals surface area contributed by atoms with Crippen LogP contribution in [0.2, 0.25) is 0 Å². The lowest BCUT2D eigenvalue weighted by Gasteiger charge is -2.04. The van der Waals surface area contributed by atoms with Gasteiger partial charge in [-0.25, -0.2) is 0 Å². The Labute approximate surface area is 99.7 Å². The summed E-state index contributed by atoms with van der Waals surface area (Å²) in [5, 5.41) is 1.15. The van der Waals surface area contributed by atoms with Gasteiger partial charge in [0.15, 0.2) is 0 Å². The van der Waals surface area contributed by atoms with Gasteiger partial charge >= 0.3 is 0 Å². The number of nitrogens with two attached hydrogens (primary N) is 1. The largest absolute Gasteiger partial charge is 0.399 e. The highest BCUT2D eigenvalue weighted by molar-refractivity contribution is 5.84. The number of hydrogen-bond donors (Lipinski definition) is 1. The molecule has 0 unspecified atom stereocenters. The van der Waals surface area contributed by atoms with Crippen LogP contribution in [0.5, 0.6) is 0 Å². The van der Waals surface area contributed by atoms with E-state index in [9.17, 15) is 0 Å². The lowest BCUT2D eigenvalue weighted by molar-refractivity contribution is 1.41. The topological polar surface area (TPSA) is 38.9 Å². The molecule has 0 aliphatic rings. The summed E-state index contributed by atoms with van der Waals surface area (Å²) in [6.45, 7) is 0. The SMILES string of the molecule is Nc1ccc(-c2ccc3ncccc3c2)cc1. The number of hydrogen-bond acceptors (Lipinski definition) is 2. The molecule has 17 heavy (non-hydrogen) atoms. The van der Waals surface area contributed by atoms with Crippen molar-refractivity contribution in [3.63, 3.8) is 0 Å². The van der Waals surface area contributed by atoms with Gasteiger partial charge in [0.05, 0.1) is 5.52 Å². The molecule has 0 saturated carbocycles. The Morgan fingerprint density at radius 3 is 2.41 bits per heavy atom. The number of pyridine rings is 1. The van der Waals surface area contributed by atoms with E-state index in [2.05, 4.69) is 23.2 Å². The first-order chi connectivity index (χ1) is 8.33. The molecule has 82 valence electrons. The summed E-state index contributed by atoms with van der Waals surface area (Å²) in [5.74, 6) is 0. The van der Waals surface area contributed by atoms with Crippen molar-refractivity contribution in [3.05, 3.63) is 60.8 Å². The third-order valence-electron chi connectivity index (χ3n) is 2.85. The van der Waals surface area contributed by atoms with Crippen molar-refractivity contribution in [2.24, 2.45) is 0 Å². The highest BCUT2D eigenvalue weighted by atomic mass is 14.6. The second-order valence-corrected chi connectivity index (χ2v) is 4.03. The van der Waals surface area contributed by atoms with Crippen LogP contribution in [0.3, 0.4) is 0 Å². The monoisotopic (exact) mass is 220 g/mol. The maximum absolute atomic E-state index is 5.69. The van der Waals surface area contributed by atoms with E-state index in [1.54, 1.807) is 0 Å². The van der Waals surface area contributed by atoms with Crippen molar-refractivity contribution in [2.45, 2.75) is 0 Å². The van der Waals surface area contributed by atoms with Crippen LogP contribution >= 0.6 is 0 Å². The van der Waals surface area contributed by atoms with Gasteiger partial charge in [-0.2, -0.15) is 0 Å². The highest BCUT2D eigenvalue weighted by Crippen LogP contribution is 2.24. The fourth-order valence-corrected chi connectivity index (χ4v) is 1.93. The van der Waals surface area contributed by atoms with Crippen molar-refractivity contribution >= 4 is 16.6 Å². The number of rotatable bonds is 1. The molecule has 0 aliphatic heterocycles. The van der Waals surface area contributed by atoms with E-state index < -0.39 is 0 Å². The summed E-state index contributed by atoms with van der Waals surface area (Å²) in [7, 11) is 0. The van der Waals surface area contributed by atoms with Gasteiger partial charge in [0.25, 0.3) is 0 Å². The van der Waals surface area contributed by atoms with E-state index in [4.69, 9.17) is 5.73 Å². The van der Waals surface area contributed by atoms with Gasteiger partial charge in [0.1, 0.15) is 0 Å². The summed E-state index contributed by atoms with van der Waals surface area (Å²) in [5.41, 5.74) is 9.85. The van der Waals surface area contributed by atoms with Crippen molar-refractivity contribution < 1.29 is 0 Å². The standard InChI is InChI=1S/C15H12N2/c16-14-6-3-11(4-7-14)12-5-8-15-13(10-12)2-1-9-17-15/h1-10H,16H2. The predicted molar refractivity (Wildman–Crippen MR) is 71.6 cm³/mol. The second-order valence-electron chi connectivity index (χ2n) is 4.03. The fourth-order valence-electron chi connectivity index (χ4n) is 1.93. The lowest BCUT2D eigenvalue weighted by Crippen LogP contribution is -1.84. The first-order valence-corrected chi connectivity index (χ1v) is 5.54. The van der Waals surface area contributed by atoms with E-state index >= 15 is 0 Å². The van der Waals surface area contributed by atoms with Crippen molar-refractivity contribution in [3.8, 4) is 11.1 Å². The third-order valence-corrected chi connectivity index (χ3v) is 2.85. The molecule has 0 atom stereocenters. The molecule has 2 N–H and O–H groups in total. The highest BCUT2D eigenvalue weighted by Gasteiger charge is 1.99. The van der Waals surface area contributed by atoms with E-state index in [1.165, 1.54) is 11.1 Å². The second kappa shape index (κ2) is 3.91. The van der Waals surface area contributed by atoms with E-state index in [-0.39, 0.29) is 0 Å². The van der Waals surface area contributed by atoms with Crippen LogP contribution in [0.4, 0.5) is 5.69 Å². The Bertz CT molecular complexity index is 657. The van der Waals surface area contributed by atoms with Gasteiger partial charge in [-0.3, -0.25) is 4.98 Å². The van der Waals surface area contributed by atoms with E-state index in [0.29, 0.717) is 0 Å². The molecule has 2 heteroatoms. The average Bonchev–Trinajstić information content (AvgIpc) is 2.39. The maximum atomic E-state index is 5.69. The van der Waals surface area contributed by atoms with Crippen LogP contribution in [-0.4, -0.2) is 4.98 Å². The summed E-state index contributed by atoms with van der Waals surface area (Å²) in [4.78, 5) is 4.31. The van der Waals surface area contributed by atoms with Gasteiger partial charge in [-0.15, -0.1) is 0 Å². The summed E-state index contributed by atoms with van der Waals surface area (Å²) < 4.78 is 0. The molecule has 0 aliphatic carbocycles. The summed E-state index contributed by atoms with van der Waals surface area (Å²) in [6, 6.07) is 18.2. The van der Waals surface area contributed by atoms with Crippen molar-refractivity contribution in [1.82, 2.24) is 4.98 Å². The van der Waals surface area contributed by atoms with Crippen LogP contribution in [0.25, 0.3) is 22.0 Å². The zero-order chi connectivity index (χ0) is 11.7. The van der Waals surface area contributed by atoms with Crippen LogP contribution in [0, 0.1) is 0 Å². The molecule has 3 rings (SSSR count). The molecule has 2 aromatic carbocycles. The minimum Gasteiger partial charge on any atom is -0.399 e. The van der Waals surface area contributed by atoms with Crippen molar-refractivity contribution in [2.75, 3.05) is 5.73 Å². The average molecular weight is 220 g/mol. The third kappa shape index (κ3) is 1.85. The molecule has 3 aromatic rings. The maximum Gasteiger partial charge on any atom is 0.0702 e. The molecule has 0 bridgehead atoms. The van der Waals surface area contributed by atoms with Gasteiger partial charge in [-0.1, -0.05) is 24.3 Å². The molecule has 2 nitrogen and oxygen atoms in total. The molecular weight excluding hydrogens is 208 g/mol. The number of benzene rings is 2. The molecule has 0 radical (unpaired) electrons. The first kappa shape index (κ1) is 9.85. The van der Waals surface area contributed by atoms with Crippen LogP contribution < -0.4 is 5.73 Å². The molecule has 1 aromatic heterocycles. The van der Waals surface area contributed by atoms with E-state index in [1.807, 2.05) is 42.6 Å². The molecule has 0 spiro atoms. The molecule has 0 fully saturated rings. The Hall–Kier alpha value is -2.35. The Morgan fingerprint density at radius 1 is 0.824 bits per heavy atom. The zero-order valence-electron chi connectivity index (χ0n) is 9.30. The minimum absolute atomic E-state index is 0.788. The number of anilines is 1. The lowest BCUT2D eigenvalue weighted by atomic mass is 10.0. The Morgan fingerprint density at radius 2 is 1.59 bits per heavy atom. The van der Waals surface area contributed by atoms with Crippen LogP contribution in [0.1, 0.15) is 0 Å². The quantitative estimate of drug-likeness (QED) is 0.637. The number of nitrogens with zero attached hydrogens (tertiary/aromatic N) is 1. The first-order valence-electron chi connectivity index (χ1n) is 5.54.